The maximum Gasteiger partial charge on any atom is 0.223 e. The van der Waals surface area contributed by atoms with Crippen LogP contribution in [0.4, 0.5) is 0 Å². The first-order valence-corrected chi connectivity index (χ1v) is 7.15. The maximum absolute atomic E-state index is 12.1. The second-order valence-electron chi connectivity index (χ2n) is 5.70. The number of carbonyl (C=O) groups is 1. The molecule has 0 aromatic rings. The highest BCUT2D eigenvalue weighted by Crippen LogP contribution is 2.57. The fourth-order valence-corrected chi connectivity index (χ4v) is 4.08. The van der Waals surface area contributed by atoms with Gasteiger partial charge in [-0.15, -0.1) is 11.6 Å². The van der Waals surface area contributed by atoms with Gasteiger partial charge in [0.15, 0.2) is 0 Å². The van der Waals surface area contributed by atoms with Crippen LogP contribution in [0.15, 0.2) is 0 Å². The molecule has 3 aliphatic carbocycles. The van der Waals surface area contributed by atoms with E-state index in [1.807, 2.05) is 0 Å². The summed E-state index contributed by atoms with van der Waals surface area (Å²) in [5.74, 6) is 2.08. The lowest BCUT2D eigenvalue weighted by molar-refractivity contribution is -0.124. The lowest BCUT2D eigenvalue weighted by Crippen LogP contribution is -2.44. The number of hydrogen-bond acceptors (Lipinski definition) is 1. The first kappa shape index (κ1) is 10.9. The van der Waals surface area contributed by atoms with Gasteiger partial charge in [0.1, 0.15) is 0 Å². The summed E-state index contributed by atoms with van der Waals surface area (Å²) < 4.78 is 0. The third kappa shape index (κ3) is 1.85. The van der Waals surface area contributed by atoms with Crippen LogP contribution < -0.4 is 5.32 Å². The lowest BCUT2D eigenvalue weighted by Gasteiger charge is -2.28. The molecule has 0 radical (unpaired) electrons. The quantitative estimate of drug-likeness (QED) is 0.740. The van der Waals surface area contributed by atoms with Crippen LogP contribution in [0, 0.1) is 17.8 Å². The van der Waals surface area contributed by atoms with Crippen molar-refractivity contribution in [1.82, 2.24) is 5.32 Å². The molecule has 3 aliphatic rings. The Balaban J connectivity index is 1.52. The van der Waals surface area contributed by atoms with Crippen molar-refractivity contribution in [3.8, 4) is 0 Å². The van der Waals surface area contributed by atoms with Gasteiger partial charge in [0.2, 0.25) is 5.91 Å². The van der Waals surface area contributed by atoms with Crippen molar-refractivity contribution < 1.29 is 4.79 Å². The molecule has 3 heteroatoms. The fourth-order valence-electron chi connectivity index (χ4n) is 3.74. The number of halogens is 1. The van der Waals surface area contributed by atoms with Gasteiger partial charge in [-0.2, -0.15) is 0 Å². The van der Waals surface area contributed by atoms with Crippen LogP contribution in [-0.2, 0) is 4.79 Å². The van der Waals surface area contributed by atoms with Gasteiger partial charge in [-0.05, 0) is 37.5 Å². The van der Waals surface area contributed by atoms with E-state index in [1.165, 1.54) is 32.1 Å². The zero-order valence-corrected chi connectivity index (χ0v) is 10.4. The highest BCUT2D eigenvalue weighted by molar-refractivity contribution is 6.21. The molecule has 0 saturated heterocycles. The first-order chi connectivity index (χ1) is 7.77. The van der Waals surface area contributed by atoms with Crippen molar-refractivity contribution in [3.63, 3.8) is 0 Å². The molecule has 0 heterocycles. The van der Waals surface area contributed by atoms with Gasteiger partial charge in [0.25, 0.3) is 0 Å². The van der Waals surface area contributed by atoms with Gasteiger partial charge in [0.05, 0.1) is 5.38 Å². The number of alkyl halides is 1. The number of nitrogens with one attached hydrogen (secondary N) is 1. The Morgan fingerprint density at radius 1 is 1.00 bits per heavy atom. The largest absolute Gasteiger partial charge is 0.352 e. The van der Waals surface area contributed by atoms with E-state index in [4.69, 9.17) is 11.6 Å². The van der Waals surface area contributed by atoms with Crippen LogP contribution in [-0.4, -0.2) is 17.3 Å². The molecule has 3 rings (SSSR count). The molecule has 0 aromatic carbocycles. The molecule has 3 saturated carbocycles. The molecule has 4 atom stereocenters. The van der Waals surface area contributed by atoms with Crippen molar-refractivity contribution in [2.75, 3.05) is 0 Å². The second-order valence-corrected chi connectivity index (χ2v) is 6.26. The molecule has 90 valence electrons. The van der Waals surface area contributed by atoms with Crippen LogP contribution in [0.1, 0.15) is 44.9 Å². The van der Waals surface area contributed by atoms with Crippen LogP contribution in [0.5, 0.6) is 0 Å². The molecule has 1 amide bonds. The number of amides is 1. The minimum Gasteiger partial charge on any atom is -0.352 e. The van der Waals surface area contributed by atoms with Gasteiger partial charge in [-0.25, -0.2) is 0 Å². The third-order valence-corrected chi connectivity index (χ3v) is 5.24. The molecule has 0 aliphatic heterocycles. The molecule has 0 bridgehead atoms. The minimum atomic E-state index is 0.163. The standard InChI is InChI=1S/C13H20ClNO/c14-10-6-1-2-7-11(10)15-13(16)12-8-4-3-5-9(8)12/h8-12H,1-7H2,(H,15,16). The van der Waals surface area contributed by atoms with Crippen LogP contribution in [0.3, 0.4) is 0 Å². The summed E-state index contributed by atoms with van der Waals surface area (Å²) in [6.45, 7) is 0. The summed E-state index contributed by atoms with van der Waals surface area (Å²) in [5.41, 5.74) is 0. The van der Waals surface area contributed by atoms with E-state index in [-0.39, 0.29) is 11.4 Å². The minimum absolute atomic E-state index is 0.163. The van der Waals surface area contributed by atoms with E-state index < -0.39 is 0 Å². The smallest absolute Gasteiger partial charge is 0.223 e. The number of rotatable bonds is 2. The Kier molecular flexibility index (Phi) is 2.87. The van der Waals surface area contributed by atoms with Gasteiger partial charge in [0, 0.05) is 12.0 Å². The topological polar surface area (TPSA) is 29.1 Å². The Morgan fingerprint density at radius 2 is 1.69 bits per heavy atom. The van der Waals surface area contributed by atoms with Crippen molar-refractivity contribution in [2.24, 2.45) is 17.8 Å². The van der Waals surface area contributed by atoms with E-state index in [2.05, 4.69) is 5.32 Å². The Labute approximate surface area is 102 Å². The number of hydrogen-bond donors (Lipinski definition) is 1. The Bertz CT molecular complexity index is 284. The summed E-state index contributed by atoms with van der Waals surface area (Å²) in [4.78, 5) is 12.1. The predicted octanol–water partition coefficient (Wildman–Crippen LogP) is 2.70. The summed E-state index contributed by atoms with van der Waals surface area (Å²) >= 11 is 6.26. The zero-order chi connectivity index (χ0) is 11.1. The average Bonchev–Trinajstić information content (AvgIpc) is 2.76. The summed E-state index contributed by atoms with van der Waals surface area (Å²) in [6.07, 6.45) is 8.45. The van der Waals surface area contributed by atoms with Crippen LogP contribution in [0.25, 0.3) is 0 Å². The number of carbonyl (C=O) groups excluding carboxylic acids is 1. The molecule has 0 spiro atoms. The molecular weight excluding hydrogens is 222 g/mol. The first-order valence-electron chi connectivity index (χ1n) is 6.72. The van der Waals surface area contributed by atoms with Crippen LogP contribution >= 0.6 is 11.6 Å². The van der Waals surface area contributed by atoms with Gasteiger partial charge in [-0.3, -0.25) is 4.79 Å². The van der Waals surface area contributed by atoms with Crippen molar-refractivity contribution >= 4 is 17.5 Å². The van der Waals surface area contributed by atoms with Crippen molar-refractivity contribution in [3.05, 3.63) is 0 Å². The fraction of sp³-hybridized carbons (Fsp3) is 0.923. The average molecular weight is 242 g/mol. The van der Waals surface area contributed by atoms with E-state index in [1.54, 1.807) is 0 Å². The highest BCUT2D eigenvalue weighted by Gasteiger charge is 2.56. The van der Waals surface area contributed by atoms with Crippen molar-refractivity contribution in [2.45, 2.75) is 56.4 Å². The normalized spacial score (nSPS) is 46.2. The summed E-state index contributed by atoms with van der Waals surface area (Å²) in [5, 5.41) is 3.35. The molecule has 3 fully saturated rings. The summed E-state index contributed by atoms with van der Waals surface area (Å²) in [6, 6.07) is 0.240. The Morgan fingerprint density at radius 3 is 2.38 bits per heavy atom. The lowest BCUT2D eigenvalue weighted by atomic mass is 9.94. The maximum atomic E-state index is 12.1. The predicted molar refractivity (Wildman–Crippen MR) is 64.4 cm³/mol. The summed E-state index contributed by atoms with van der Waals surface area (Å²) in [7, 11) is 0. The molecule has 0 aromatic heterocycles. The van der Waals surface area contributed by atoms with Gasteiger partial charge >= 0.3 is 0 Å². The van der Waals surface area contributed by atoms with Gasteiger partial charge < -0.3 is 5.32 Å². The molecule has 16 heavy (non-hydrogen) atoms. The SMILES string of the molecule is O=C(NC1CCCCC1Cl)C1C2CCCC21. The number of fused-ring (bicyclic) bond motifs is 1. The Hall–Kier alpha value is -0.240. The van der Waals surface area contributed by atoms with E-state index in [0.29, 0.717) is 11.8 Å². The molecule has 2 nitrogen and oxygen atoms in total. The van der Waals surface area contributed by atoms with E-state index in [0.717, 1.165) is 24.7 Å². The molecular formula is C13H20ClNO. The highest BCUT2D eigenvalue weighted by atomic mass is 35.5. The molecule has 1 N–H and O–H groups in total. The molecule has 4 unspecified atom stereocenters. The van der Waals surface area contributed by atoms with Crippen molar-refractivity contribution in [1.29, 1.82) is 0 Å². The third-order valence-electron chi connectivity index (χ3n) is 4.72. The van der Waals surface area contributed by atoms with E-state index >= 15 is 0 Å². The zero-order valence-electron chi connectivity index (χ0n) is 9.62. The second kappa shape index (κ2) is 4.21. The van der Waals surface area contributed by atoms with E-state index in [9.17, 15) is 4.79 Å². The van der Waals surface area contributed by atoms with Crippen LogP contribution in [0.2, 0.25) is 0 Å². The monoisotopic (exact) mass is 241 g/mol. The van der Waals surface area contributed by atoms with Gasteiger partial charge in [-0.1, -0.05) is 19.3 Å².